The maximum absolute atomic E-state index is 12.5. The molecule has 3 aromatic rings. The van der Waals surface area contributed by atoms with Crippen molar-refractivity contribution in [1.82, 2.24) is 0 Å². The van der Waals surface area contributed by atoms with E-state index in [0.717, 1.165) is 4.88 Å². The Bertz CT molecular complexity index is 831. The summed E-state index contributed by atoms with van der Waals surface area (Å²) < 4.78 is 5.77. The quantitative estimate of drug-likeness (QED) is 0.803. The molecule has 0 aliphatic rings. The van der Waals surface area contributed by atoms with Gasteiger partial charge in [-0.2, -0.15) is 0 Å². The van der Waals surface area contributed by atoms with Gasteiger partial charge in [-0.15, -0.1) is 11.3 Å². The molecule has 0 spiro atoms. The van der Waals surface area contributed by atoms with Gasteiger partial charge in [0.2, 0.25) is 0 Å². The lowest BCUT2D eigenvalue weighted by atomic mass is 10.1. The summed E-state index contributed by atoms with van der Waals surface area (Å²) in [4.78, 5) is 24.2. The van der Waals surface area contributed by atoms with Crippen molar-refractivity contribution >= 4 is 28.3 Å². The molecule has 2 aromatic heterocycles. The van der Waals surface area contributed by atoms with Crippen LogP contribution in [0, 0.1) is 0 Å². The number of hydrogen-bond acceptors (Lipinski definition) is 4. The molecule has 4 nitrogen and oxygen atoms in total. The molecule has 100 valence electrons. The van der Waals surface area contributed by atoms with Crippen molar-refractivity contribution in [2.75, 3.05) is 0 Å². The first-order chi connectivity index (χ1) is 9.66. The predicted molar refractivity (Wildman–Crippen MR) is 77.1 cm³/mol. The Labute approximate surface area is 117 Å². The molecule has 0 aliphatic heterocycles. The van der Waals surface area contributed by atoms with E-state index in [4.69, 9.17) is 9.52 Å². The number of carboxylic acid groups (broad SMARTS) is 1. The fourth-order valence-corrected chi connectivity index (χ4v) is 2.83. The second-order valence-electron chi connectivity index (χ2n) is 4.28. The zero-order chi connectivity index (χ0) is 14.1. The third-order valence-electron chi connectivity index (χ3n) is 2.96. The number of aliphatic carboxylic acids is 1. The summed E-state index contributed by atoms with van der Waals surface area (Å²) in [6.07, 6.45) is -0.347. The van der Waals surface area contributed by atoms with E-state index in [0.29, 0.717) is 16.7 Å². The van der Waals surface area contributed by atoms with Gasteiger partial charge in [-0.3, -0.25) is 9.59 Å². The van der Waals surface area contributed by atoms with Gasteiger partial charge < -0.3 is 9.52 Å². The molecule has 0 bridgehead atoms. The summed E-state index contributed by atoms with van der Waals surface area (Å²) in [6.45, 7) is 0. The van der Waals surface area contributed by atoms with Gasteiger partial charge in [-0.1, -0.05) is 18.2 Å². The highest BCUT2D eigenvalue weighted by Crippen LogP contribution is 2.29. The van der Waals surface area contributed by atoms with Gasteiger partial charge in [0.25, 0.3) is 0 Å². The Hall–Kier alpha value is -2.40. The summed E-state index contributed by atoms with van der Waals surface area (Å²) >= 11 is 1.41. The topological polar surface area (TPSA) is 67.5 Å². The van der Waals surface area contributed by atoms with Crippen molar-refractivity contribution in [3.63, 3.8) is 0 Å². The maximum Gasteiger partial charge on any atom is 0.308 e. The van der Waals surface area contributed by atoms with Gasteiger partial charge in [0.15, 0.2) is 11.2 Å². The summed E-state index contributed by atoms with van der Waals surface area (Å²) in [5, 5.41) is 11.3. The van der Waals surface area contributed by atoms with Gasteiger partial charge in [0.1, 0.15) is 5.58 Å². The summed E-state index contributed by atoms with van der Waals surface area (Å²) in [5.41, 5.74) is 0.381. The van der Waals surface area contributed by atoms with Crippen molar-refractivity contribution in [1.29, 1.82) is 0 Å². The Kier molecular flexibility index (Phi) is 3.12. The highest BCUT2D eigenvalue weighted by molar-refractivity contribution is 7.13. The molecule has 0 radical (unpaired) electrons. The number of rotatable bonds is 3. The van der Waals surface area contributed by atoms with E-state index < -0.39 is 5.97 Å². The number of fused-ring (bicyclic) bond motifs is 1. The number of thiophene rings is 1. The van der Waals surface area contributed by atoms with Crippen LogP contribution in [0.25, 0.3) is 21.6 Å². The number of para-hydroxylation sites is 1. The van der Waals surface area contributed by atoms with Crippen LogP contribution >= 0.6 is 11.3 Å². The second-order valence-corrected chi connectivity index (χ2v) is 5.23. The van der Waals surface area contributed by atoms with Gasteiger partial charge in [-0.25, -0.2) is 0 Å². The van der Waals surface area contributed by atoms with Crippen LogP contribution in [0.4, 0.5) is 0 Å². The summed E-state index contributed by atoms with van der Waals surface area (Å²) in [5.74, 6) is -0.698. The molecule has 0 amide bonds. The van der Waals surface area contributed by atoms with Gasteiger partial charge in [-0.05, 0) is 23.6 Å². The lowest BCUT2D eigenvalue weighted by Gasteiger charge is -2.06. The maximum atomic E-state index is 12.5. The number of hydrogen-bond donors (Lipinski definition) is 1. The fraction of sp³-hybridized carbons (Fsp3) is 0.0667. The zero-order valence-electron chi connectivity index (χ0n) is 10.3. The van der Waals surface area contributed by atoms with Crippen LogP contribution in [0.15, 0.2) is 51.0 Å². The predicted octanol–water partition coefficient (Wildman–Crippen LogP) is 3.15. The molecule has 20 heavy (non-hydrogen) atoms. The van der Waals surface area contributed by atoms with Crippen molar-refractivity contribution in [3.05, 3.63) is 57.6 Å². The van der Waals surface area contributed by atoms with E-state index in [1.54, 1.807) is 24.3 Å². The van der Waals surface area contributed by atoms with E-state index in [1.165, 1.54) is 11.3 Å². The molecule has 0 aliphatic carbocycles. The van der Waals surface area contributed by atoms with E-state index >= 15 is 0 Å². The first-order valence-electron chi connectivity index (χ1n) is 5.97. The largest absolute Gasteiger partial charge is 0.481 e. The second kappa shape index (κ2) is 4.94. The Balaban J connectivity index is 2.36. The zero-order valence-corrected chi connectivity index (χ0v) is 11.1. The fourth-order valence-electron chi connectivity index (χ4n) is 2.10. The standard InChI is InChI=1S/C15H10O4S/c16-13(17)8-10-14(18)9-4-1-2-5-11(9)19-15(10)12-6-3-7-20-12/h1-7H,8H2,(H,16,17). The van der Waals surface area contributed by atoms with Gasteiger partial charge in [0.05, 0.1) is 22.2 Å². The SMILES string of the molecule is O=C(O)Cc1c(-c2cccs2)oc2ccccc2c1=O. The first-order valence-corrected chi connectivity index (χ1v) is 6.85. The van der Waals surface area contributed by atoms with Crippen LogP contribution in [0.2, 0.25) is 0 Å². The number of benzene rings is 1. The van der Waals surface area contributed by atoms with Crippen LogP contribution in [-0.4, -0.2) is 11.1 Å². The molecule has 0 unspecified atom stereocenters. The molecule has 3 rings (SSSR count). The Morgan fingerprint density at radius 1 is 1.20 bits per heavy atom. The monoisotopic (exact) mass is 286 g/mol. The van der Waals surface area contributed by atoms with Crippen LogP contribution < -0.4 is 5.43 Å². The molecule has 2 heterocycles. The highest BCUT2D eigenvalue weighted by atomic mass is 32.1. The van der Waals surface area contributed by atoms with Gasteiger partial charge >= 0.3 is 5.97 Å². The van der Waals surface area contributed by atoms with Crippen molar-refractivity contribution in [2.45, 2.75) is 6.42 Å². The summed E-state index contributed by atoms with van der Waals surface area (Å²) in [6, 6.07) is 10.5. The first kappa shape index (κ1) is 12.6. The average molecular weight is 286 g/mol. The highest BCUT2D eigenvalue weighted by Gasteiger charge is 2.18. The minimum Gasteiger partial charge on any atom is -0.481 e. The Morgan fingerprint density at radius 2 is 2.00 bits per heavy atom. The molecule has 0 atom stereocenters. The van der Waals surface area contributed by atoms with Crippen LogP contribution in [-0.2, 0) is 11.2 Å². The molecule has 1 N–H and O–H groups in total. The van der Waals surface area contributed by atoms with E-state index in [9.17, 15) is 9.59 Å². The van der Waals surface area contributed by atoms with Crippen molar-refractivity contribution < 1.29 is 14.3 Å². The number of carbonyl (C=O) groups is 1. The minimum absolute atomic E-state index is 0.193. The normalized spacial score (nSPS) is 10.8. The van der Waals surface area contributed by atoms with E-state index in [2.05, 4.69) is 0 Å². The van der Waals surface area contributed by atoms with Gasteiger partial charge in [0, 0.05) is 0 Å². The van der Waals surface area contributed by atoms with E-state index in [-0.39, 0.29) is 17.4 Å². The lowest BCUT2D eigenvalue weighted by molar-refractivity contribution is -0.136. The molecular formula is C15H10O4S. The van der Waals surface area contributed by atoms with Crippen LogP contribution in [0.3, 0.4) is 0 Å². The molecule has 5 heteroatoms. The van der Waals surface area contributed by atoms with E-state index in [1.807, 2.05) is 17.5 Å². The summed E-state index contributed by atoms with van der Waals surface area (Å²) in [7, 11) is 0. The minimum atomic E-state index is -1.05. The van der Waals surface area contributed by atoms with Crippen molar-refractivity contribution in [3.8, 4) is 10.6 Å². The molecular weight excluding hydrogens is 276 g/mol. The molecule has 0 saturated heterocycles. The third kappa shape index (κ3) is 2.12. The van der Waals surface area contributed by atoms with Crippen LogP contribution in [0.1, 0.15) is 5.56 Å². The van der Waals surface area contributed by atoms with Crippen molar-refractivity contribution in [2.24, 2.45) is 0 Å². The number of carboxylic acids is 1. The smallest absolute Gasteiger partial charge is 0.308 e. The van der Waals surface area contributed by atoms with Crippen LogP contribution in [0.5, 0.6) is 0 Å². The average Bonchev–Trinajstić information content (AvgIpc) is 2.95. The molecule has 0 saturated carbocycles. The lowest BCUT2D eigenvalue weighted by Crippen LogP contribution is -2.15. The third-order valence-corrected chi connectivity index (χ3v) is 3.83. The molecule has 1 aromatic carbocycles. The Morgan fingerprint density at radius 3 is 2.70 bits per heavy atom. The molecule has 0 fully saturated rings.